The van der Waals surface area contributed by atoms with Crippen molar-refractivity contribution in [2.24, 2.45) is 0 Å². The smallest absolute Gasteiger partial charge is 0.150 e. The van der Waals surface area contributed by atoms with Crippen LogP contribution < -0.4 is 0 Å². The van der Waals surface area contributed by atoms with Crippen molar-refractivity contribution in [3.63, 3.8) is 0 Å². The Hall–Kier alpha value is -0.240. The average Bonchev–Trinajstić information content (AvgIpc) is 2.77. The monoisotopic (exact) mass is 450 g/mol. The SMILES string of the molecule is Clc1ncnc2cc(-c3cc(I)ccc3Br)sc12. The molecule has 0 unspecified atom stereocenters. The number of hydrogen-bond acceptors (Lipinski definition) is 3. The molecule has 0 bridgehead atoms. The van der Waals surface area contributed by atoms with E-state index >= 15 is 0 Å². The summed E-state index contributed by atoms with van der Waals surface area (Å²) in [5.41, 5.74) is 2.04. The van der Waals surface area contributed by atoms with Crippen molar-refractivity contribution in [2.45, 2.75) is 0 Å². The molecule has 2 aromatic heterocycles. The van der Waals surface area contributed by atoms with E-state index in [0.29, 0.717) is 5.15 Å². The van der Waals surface area contributed by atoms with Crippen LogP contribution in [0.25, 0.3) is 20.7 Å². The number of hydrogen-bond donors (Lipinski definition) is 0. The Bertz CT molecular complexity index is 744. The largest absolute Gasteiger partial charge is 0.235 e. The van der Waals surface area contributed by atoms with Gasteiger partial charge in [-0.1, -0.05) is 27.5 Å². The summed E-state index contributed by atoms with van der Waals surface area (Å²) in [4.78, 5) is 9.38. The normalized spacial score (nSPS) is 11.1. The predicted octanol–water partition coefficient (Wildman–Crippen LogP) is 5.38. The first kappa shape index (κ1) is 12.8. The van der Waals surface area contributed by atoms with Crippen molar-refractivity contribution < 1.29 is 0 Å². The van der Waals surface area contributed by atoms with Crippen molar-refractivity contribution in [3.8, 4) is 10.4 Å². The predicted molar refractivity (Wildman–Crippen MR) is 88.3 cm³/mol. The number of aromatic nitrogens is 2. The maximum Gasteiger partial charge on any atom is 0.150 e. The summed E-state index contributed by atoms with van der Waals surface area (Å²) in [7, 11) is 0. The Morgan fingerprint density at radius 3 is 2.83 bits per heavy atom. The fourth-order valence-electron chi connectivity index (χ4n) is 1.64. The van der Waals surface area contributed by atoms with Gasteiger partial charge in [0.1, 0.15) is 11.5 Å². The summed E-state index contributed by atoms with van der Waals surface area (Å²) in [6.45, 7) is 0. The topological polar surface area (TPSA) is 25.8 Å². The van der Waals surface area contributed by atoms with Crippen LogP contribution in [0, 0.1) is 3.57 Å². The number of nitrogens with zero attached hydrogens (tertiary/aromatic N) is 2. The second-order valence-electron chi connectivity index (χ2n) is 3.61. The molecule has 0 N–H and O–H groups in total. The van der Waals surface area contributed by atoms with Crippen LogP contribution in [-0.4, -0.2) is 9.97 Å². The molecule has 0 radical (unpaired) electrons. The maximum atomic E-state index is 6.07. The molecule has 6 heteroatoms. The van der Waals surface area contributed by atoms with E-state index in [2.05, 4.69) is 66.7 Å². The molecule has 0 aliphatic rings. The van der Waals surface area contributed by atoms with Crippen molar-refractivity contribution in [2.75, 3.05) is 0 Å². The van der Waals surface area contributed by atoms with Gasteiger partial charge in [-0.3, -0.25) is 0 Å². The molecule has 0 saturated heterocycles. The van der Waals surface area contributed by atoms with Gasteiger partial charge in [-0.05, 0) is 46.9 Å². The lowest BCUT2D eigenvalue weighted by Crippen LogP contribution is -1.78. The standard InChI is InChI=1S/C12H5BrClIN2S/c13-8-2-1-6(15)3-7(8)10-4-9-11(18-10)12(14)17-5-16-9/h1-5H. The van der Waals surface area contributed by atoms with Gasteiger partial charge in [0.15, 0.2) is 0 Å². The van der Waals surface area contributed by atoms with Crippen LogP contribution in [0.5, 0.6) is 0 Å². The minimum atomic E-state index is 0.512. The van der Waals surface area contributed by atoms with Crippen LogP contribution in [0.15, 0.2) is 35.1 Å². The van der Waals surface area contributed by atoms with Crippen LogP contribution in [-0.2, 0) is 0 Å². The first-order chi connectivity index (χ1) is 8.65. The Morgan fingerprint density at radius 1 is 1.22 bits per heavy atom. The van der Waals surface area contributed by atoms with E-state index in [0.717, 1.165) is 25.1 Å². The highest BCUT2D eigenvalue weighted by molar-refractivity contribution is 14.1. The van der Waals surface area contributed by atoms with Crippen LogP contribution in [0.4, 0.5) is 0 Å². The number of benzene rings is 1. The van der Waals surface area contributed by atoms with Gasteiger partial charge in [0.2, 0.25) is 0 Å². The highest BCUT2D eigenvalue weighted by atomic mass is 127. The van der Waals surface area contributed by atoms with Crippen molar-refractivity contribution >= 4 is 71.7 Å². The minimum absolute atomic E-state index is 0.512. The van der Waals surface area contributed by atoms with Crippen molar-refractivity contribution in [1.82, 2.24) is 9.97 Å². The molecule has 2 nitrogen and oxygen atoms in total. The summed E-state index contributed by atoms with van der Waals surface area (Å²) in [6, 6.07) is 8.30. The zero-order chi connectivity index (χ0) is 12.7. The third kappa shape index (κ3) is 2.29. The molecule has 0 atom stereocenters. The van der Waals surface area contributed by atoms with Crippen LogP contribution >= 0.6 is 61.5 Å². The first-order valence-electron chi connectivity index (χ1n) is 5.00. The molecule has 0 amide bonds. The summed E-state index contributed by atoms with van der Waals surface area (Å²) in [5.74, 6) is 0. The first-order valence-corrected chi connectivity index (χ1v) is 8.07. The van der Waals surface area contributed by atoms with Crippen molar-refractivity contribution in [1.29, 1.82) is 0 Å². The fraction of sp³-hybridized carbons (Fsp3) is 0. The number of thiophene rings is 1. The second-order valence-corrected chi connectivity index (χ2v) is 7.12. The highest BCUT2D eigenvalue weighted by Crippen LogP contribution is 2.38. The molecule has 0 aliphatic heterocycles. The lowest BCUT2D eigenvalue weighted by atomic mass is 10.2. The summed E-state index contributed by atoms with van der Waals surface area (Å²) >= 11 is 13.6. The van der Waals surface area contributed by atoms with Gasteiger partial charge in [0, 0.05) is 18.5 Å². The lowest BCUT2D eigenvalue weighted by Gasteiger charge is -2.01. The molecule has 2 heterocycles. The minimum Gasteiger partial charge on any atom is -0.235 e. The molecule has 0 aliphatic carbocycles. The summed E-state index contributed by atoms with van der Waals surface area (Å²) in [5, 5.41) is 0.512. The second kappa shape index (κ2) is 5.03. The number of halogens is 3. The Balaban J connectivity index is 2.26. The highest BCUT2D eigenvalue weighted by Gasteiger charge is 2.11. The zero-order valence-electron chi connectivity index (χ0n) is 8.82. The average molecular weight is 452 g/mol. The van der Waals surface area contributed by atoms with E-state index in [1.54, 1.807) is 11.3 Å². The van der Waals surface area contributed by atoms with Crippen LogP contribution in [0.1, 0.15) is 0 Å². The third-order valence-corrected chi connectivity index (χ3v) is 5.39. The quantitative estimate of drug-likeness (QED) is 0.367. The molecule has 0 fully saturated rings. The van der Waals surface area contributed by atoms with Gasteiger partial charge >= 0.3 is 0 Å². The van der Waals surface area contributed by atoms with E-state index in [9.17, 15) is 0 Å². The van der Waals surface area contributed by atoms with Crippen molar-refractivity contribution in [3.05, 3.63) is 43.8 Å². The molecule has 18 heavy (non-hydrogen) atoms. The number of fused-ring (bicyclic) bond motifs is 1. The van der Waals surface area contributed by atoms with Crippen LogP contribution in [0.3, 0.4) is 0 Å². The van der Waals surface area contributed by atoms with E-state index < -0.39 is 0 Å². The van der Waals surface area contributed by atoms with E-state index in [-0.39, 0.29) is 0 Å². The molecule has 3 rings (SSSR count). The Labute approximate surface area is 135 Å². The Kier molecular flexibility index (Phi) is 3.57. The van der Waals surface area contributed by atoms with Gasteiger partial charge < -0.3 is 0 Å². The van der Waals surface area contributed by atoms with Gasteiger partial charge in [0.05, 0.1) is 10.2 Å². The van der Waals surface area contributed by atoms with Gasteiger partial charge in [0.25, 0.3) is 0 Å². The molecule has 1 aromatic carbocycles. The van der Waals surface area contributed by atoms with E-state index in [1.165, 1.54) is 9.90 Å². The van der Waals surface area contributed by atoms with Gasteiger partial charge in [-0.2, -0.15) is 0 Å². The van der Waals surface area contributed by atoms with Gasteiger partial charge in [-0.25, -0.2) is 9.97 Å². The molecule has 90 valence electrons. The van der Waals surface area contributed by atoms with Gasteiger partial charge in [-0.15, -0.1) is 11.3 Å². The number of rotatable bonds is 1. The van der Waals surface area contributed by atoms with Crippen LogP contribution in [0.2, 0.25) is 5.15 Å². The van der Waals surface area contributed by atoms with E-state index in [4.69, 9.17) is 11.6 Å². The lowest BCUT2D eigenvalue weighted by molar-refractivity contribution is 1.23. The fourth-order valence-corrected chi connectivity index (χ4v) is 4.01. The van der Waals surface area contributed by atoms with E-state index in [1.807, 2.05) is 6.07 Å². The summed E-state index contributed by atoms with van der Waals surface area (Å²) < 4.78 is 3.19. The molecule has 0 saturated carbocycles. The molecular weight excluding hydrogens is 446 g/mol. The molecular formula is C12H5BrClIN2S. The zero-order valence-corrected chi connectivity index (χ0v) is 14.1. The maximum absolute atomic E-state index is 6.07. The third-order valence-electron chi connectivity index (χ3n) is 2.46. The summed E-state index contributed by atoms with van der Waals surface area (Å²) in [6.07, 6.45) is 1.49. The Morgan fingerprint density at radius 2 is 2.06 bits per heavy atom. The molecule has 3 aromatic rings. The molecule has 0 spiro atoms.